The zero-order chi connectivity index (χ0) is 12.9. The van der Waals surface area contributed by atoms with E-state index in [-0.39, 0.29) is 0 Å². The summed E-state index contributed by atoms with van der Waals surface area (Å²) in [5.41, 5.74) is 0. The molecule has 2 fully saturated rings. The van der Waals surface area contributed by atoms with Crippen molar-refractivity contribution in [3.05, 3.63) is 22.4 Å². The first-order chi connectivity index (χ1) is 9.42. The molecule has 4 heteroatoms. The van der Waals surface area contributed by atoms with Crippen LogP contribution in [0, 0.1) is 0 Å². The van der Waals surface area contributed by atoms with Gasteiger partial charge >= 0.3 is 0 Å². The molecular formula is C15H25N3S. The summed E-state index contributed by atoms with van der Waals surface area (Å²) in [5.74, 6) is 0. The van der Waals surface area contributed by atoms with Gasteiger partial charge in [0, 0.05) is 50.2 Å². The molecule has 0 saturated carbocycles. The monoisotopic (exact) mass is 279 g/mol. The third-order valence-electron chi connectivity index (χ3n) is 4.41. The molecule has 2 aliphatic heterocycles. The largest absolute Gasteiger partial charge is 0.311 e. The summed E-state index contributed by atoms with van der Waals surface area (Å²) in [7, 11) is 0. The lowest BCUT2D eigenvalue weighted by Gasteiger charge is -2.44. The van der Waals surface area contributed by atoms with E-state index in [1.807, 2.05) is 11.3 Å². The van der Waals surface area contributed by atoms with E-state index in [1.165, 1.54) is 56.9 Å². The molecule has 19 heavy (non-hydrogen) atoms. The van der Waals surface area contributed by atoms with Gasteiger partial charge in [0.05, 0.1) is 0 Å². The second-order valence-corrected chi connectivity index (χ2v) is 6.77. The summed E-state index contributed by atoms with van der Waals surface area (Å²) in [6, 6.07) is 5.18. The quantitative estimate of drug-likeness (QED) is 0.832. The van der Waals surface area contributed by atoms with Crippen LogP contribution in [-0.2, 0) is 6.54 Å². The Morgan fingerprint density at radius 2 is 2.26 bits per heavy atom. The molecule has 106 valence electrons. The summed E-state index contributed by atoms with van der Waals surface area (Å²) in [4.78, 5) is 6.80. The number of nitrogens with zero attached hydrogens (tertiary/aromatic N) is 2. The van der Waals surface area contributed by atoms with Crippen LogP contribution in [0.25, 0.3) is 0 Å². The maximum Gasteiger partial charge on any atom is 0.0300 e. The van der Waals surface area contributed by atoms with Gasteiger partial charge in [-0.2, -0.15) is 0 Å². The Labute approximate surface area is 120 Å². The summed E-state index contributed by atoms with van der Waals surface area (Å²) in [5, 5.41) is 5.71. The van der Waals surface area contributed by atoms with Crippen molar-refractivity contribution in [3.8, 4) is 0 Å². The van der Waals surface area contributed by atoms with Gasteiger partial charge in [-0.25, -0.2) is 0 Å². The Bertz CT molecular complexity index is 365. The van der Waals surface area contributed by atoms with Crippen molar-refractivity contribution in [2.45, 2.75) is 31.8 Å². The van der Waals surface area contributed by atoms with Crippen LogP contribution in [-0.4, -0.2) is 55.1 Å². The lowest BCUT2D eigenvalue weighted by molar-refractivity contribution is 0.0500. The zero-order valence-electron chi connectivity index (χ0n) is 11.7. The molecule has 0 aliphatic carbocycles. The van der Waals surface area contributed by atoms with Crippen molar-refractivity contribution < 1.29 is 0 Å². The Morgan fingerprint density at radius 3 is 3.16 bits per heavy atom. The number of hydrogen-bond acceptors (Lipinski definition) is 4. The Balaban J connectivity index is 1.34. The molecule has 1 N–H and O–H groups in total. The van der Waals surface area contributed by atoms with Crippen molar-refractivity contribution in [3.63, 3.8) is 0 Å². The molecule has 2 saturated heterocycles. The van der Waals surface area contributed by atoms with Crippen LogP contribution >= 0.6 is 11.3 Å². The summed E-state index contributed by atoms with van der Waals surface area (Å²) < 4.78 is 0. The Morgan fingerprint density at radius 1 is 1.26 bits per heavy atom. The first kappa shape index (κ1) is 13.6. The molecule has 0 amide bonds. The van der Waals surface area contributed by atoms with Crippen LogP contribution < -0.4 is 5.32 Å². The molecule has 3 heterocycles. The van der Waals surface area contributed by atoms with E-state index in [1.54, 1.807) is 0 Å². The molecule has 3 rings (SSSR count). The fourth-order valence-corrected chi connectivity index (χ4v) is 3.96. The molecule has 2 aliphatic rings. The highest BCUT2D eigenvalue weighted by atomic mass is 32.1. The van der Waals surface area contributed by atoms with Crippen molar-refractivity contribution in [1.29, 1.82) is 0 Å². The molecule has 1 aromatic heterocycles. The van der Waals surface area contributed by atoms with Gasteiger partial charge in [0.2, 0.25) is 0 Å². The van der Waals surface area contributed by atoms with Crippen LogP contribution in [0.15, 0.2) is 17.5 Å². The molecule has 0 aromatic carbocycles. The van der Waals surface area contributed by atoms with Gasteiger partial charge in [0.1, 0.15) is 0 Å². The van der Waals surface area contributed by atoms with E-state index >= 15 is 0 Å². The predicted molar refractivity (Wildman–Crippen MR) is 81.7 cm³/mol. The number of fused-ring (bicyclic) bond motifs is 1. The topological polar surface area (TPSA) is 18.5 Å². The second-order valence-electron chi connectivity index (χ2n) is 5.74. The van der Waals surface area contributed by atoms with E-state index in [4.69, 9.17) is 0 Å². The molecule has 0 bridgehead atoms. The van der Waals surface area contributed by atoms with Crippen LogP contribution in [0.1, 0.15) is 24.1 Å². The third kappa shape index (κ3) is 3.78. The lowest BCUT2D eigenvalue weighted by atomic mass is 9.99. The highest BCUT2D eigenvalue weighted by Crippen LogP contribution is 2.20. The van der Waals surface area contributed by atoms with E-state index in [0.29, 0.717) is 0 Å². The minimum absolute atomic E-state index is 0.847. The summed E-state index contributed by atoms with van der Waals surface area (Å²) in [6.45, 7) is 8.53. The van der Waals surface area contributed by atoms with Gasteiger partial charge in [0.15, 0.2) is 0 Å². The van der Waals surface area contributed by atoms with E-state index < -0.39 is 0 Å². The normalized spacial score (nSPS) is 25.4. The number of thiophene rings is 1. The van der Waals surface area contributed by atoms with Crippen LogP contribution in [0.5, 0.6) is 0 Å². The first-order valence-electron chi connectivity index (χ1n) is 7.61. The number of rotatable bonds is 5. The minimum atomic E-state index is 0.847. The highest BCUT2D eigenvalue weighted by molar-refractivity contribution is 7.09. The van der Waals surface area contributed by atoms with Gasteiger partial charge < -0.3 is 5.32 Å². The maximum atomic E-state index is 3.56. The van der Waals surface area contributed by atoms with Crippen molar-refractivity contribution >= 4 is 11.3 Å². The number of hydrogen-bond donors (Lipinski definition) is 1. The number of nitrogens with one attached hydrogen (secondary N) is 1. The number of piperidine rings is 1. The molecule has 0 radical (unpaired) electrons. The van der Waals surface area contributed by atoms with Gasteiger partial charge in [-0.15, -0.1) is 11.3 Å². The fraction of sp³-hybridized carbons (Fsp3) is 0.733. The minimum Gasteiger partial charge on any atom is -0.311 e. The molecule has 1 unspecified atom stereocenters. The molecule has 3 nitrogen and oxygen atoms in total. The lowest BCUT2D eigenvalue weighted by Crippen LogP contribution is -2.55. The zero-order valence-corrected chi connectivity index (χ0v) is 12.5. The molecule has 0 spiro atoms. The highest BCUT2D eigenvalue weighted by Gasteiger charge is 2.28. The number of piperazine rings is 1. The molecule has 1 atom stereocenters. The van der Waals surface area contributed by atoms with Crippen LogP contribution in [0.4, 0.5) is 0 Å². The SMILES string of the molecule is c1csc(CNCCN2CCN3CCCCC3C2)c1. The predicted octanol–water partition coefficient (Wildman–Crippen LogP) is 2.01. The van der Waals surface area contributed by atoms with E-state index in [9.17, 15) is 0 Å². The Hall–Kier alpha value is -0.420. The van der Waals surface area contributed by atoms with Crippen molar-refractivity contribution in [2.75, 3.05) is 39.3 Å². The summed E-state index contributed by atoms with van der Waals surface area (Å²) in [6.07, 6.45) is 4.27. The van der Waals surface area contributed by atoms with Gasteiger partial charge in [-0.1, -0.05) is 12.5 Å². The van der Waals surface area contributed by atoms with E-state index in [2.05, 4.69) is 32.6 Å². The Kier molecular flexibility index (Phi) is 4.88. The van der Waals surface area contributed by atoms with Gasteiger partial charge in [0.25, 0.3) is 0 Å². The first-order valence-corrected chi connectivity index (χ1v) is 8.49. The van der Waals surface area contributed by atoms with Crippen LogP contribution in [0.3, 0.4) is 0 Å². The van der Waals surface area contributed by atoms with Crippen molar-refractivity contribution in [1.82, 2.24) is 15.1 Å². The average molecular weight is 279 g/mol. The molecular weight excluding hydrogens is 254 g/mol. The fourth-order valence-electron chi connectivity index (χ4n) is 3.29. The standard InChI is InChI=1S/C15H25N3S/c1-2-7-18-10-9-17(13-14(18)4-1)8-6-16-12-15-5-3-11-19-15/h3,5,11,14,16H,1-2,4,6-10,12-13H2. The summed E-state index contributed by atoms with van der Waals surface area (Å²) >= 11 is 1.84. The van der Waals surface area contributed by atoms with Gasteiger partial charge in [-0.05, 0) is 30.8 Å². The average Bonchev–Trinajstić information content (AvgIpc) is 2.97. The van der Waals surface area contributed by atoms with Crippen LogP contribution in [0.2, 0.25) is 0 Å². The molecule has 1 aromatic rings. The smallest absolute Gasteiger partial charge is 0.0300 e. The van der Waals surface area contributed by atoms with E-state index in [0.717, 1.165) is 19.1 Å². The van der Waals surface area contributed by atoms with Crippen molar-refractivity contribution in [2.24, 2.45) is 0 Å². The van der Waals surface area contributed by atoms with Gasteiger partial charge in [-0.3, -0.25) is 9.80 Å². The third-order valence-corrected chi connectivity index (χ3v) is 5.28. The second kappa shape index (κ2) is 6.84. The maximum absolute atomic E-state index is 3.56.